The van der Waals surface area contributed by atoms with Gasteiger partial charge in [-0.2, -0.15) is 0 Å². The summed E-state index contributed by atoms with van der Waals surface area (Å²) in [5.74, 6) is 0.0931. The van der Waals surface area contributed by atoms with Gasteiger partial charge in [-0.05, 0) is 12.8 Å². The Hall–Kier alpha value is -2.18. The summed E-state index contributed by atoms with van der Waals surface area (Å²) < 4.78 is 9.44. The minimum Gasteiger partial charge on any atom is -0.464 e. The molecule has 0 saturated carbocycles. The fraction of sp³-hybridized carbons (Fsp3) is 0.538. The van der Waals surface area contributed by atoms with Crippen molar-refractivity contribution in [2.24, 2.45) is 4.99 Å². The number of nitrogens with zero attached hydrogens (tertiary/aromatic N) is 3. The first-order valence-corrected chi connectivity index (χ1v) is 6.53. The van der Waals surface area contributed by atoms with Gasteiger partial charge in [-0.15, -0.1) is 0 Å². The molecule has 108 valence electrons. The van der Waals surface area contributed by atoms with E-state index in [1.54, 1.807) is 0 Å². The normalized spacial score (nSPS) is 15.2. The fourth-order valence-electron chi connectivity index (χ4n) is 2.00. The molecule has 1 aliphatic rings. The Kier molecular flexibility index (Phi) is 4.86. The average molecular weight is 279 g/mol. The summed E-state index contributed by atoms with van der Waals surface area (Å²) in [6.07, 6.45) is 3.94. The summed E-state index contributed by atoms with van der Waals surface area (Å²) in [5, 5.41) is 3.57. The fourth-order valence-corrected chi connectivity index (χ4v) is 2.00. The Labute approximate surface area is 116 Å². The van der Waals surface area contributed by atoms with Gasteiger partial charge >= 0.3 is 5.97 Å². The number of hydrogen-bond acceptors (Lipinski definition) is 6. The molecule has 0 N–H and O–H groups in total. The molecule has 0 bridgehead atoms. The molecule has 2 heterocycles. The molecule has 20 heavy (non-hydrogen) atoms. The molecular formula is C13H17N3O4. The van der Waals surface area contributed by atoms with E-state index in [9.17, 15) is 9.59 Å². The Morgan fingerprint density at radius 2 is 2.50 bits per heavy atom. The van der Waals surface area contributed by atoms with Gasteiger partial charge in [-0.25, -0.2) is 4.79 Å². The molecule has 1 aromatic rings. The quantitative estimate of drug-likeness (QED) is 0.438. The molecule has 0 aromatic carbocycles. The van der Waals surface area contributed by atoms with Crippen LogP contribution in [0.25, 0.3) is 0 Å². The lowest BCUT2D eigenvalue weighted by Gasteiger charge is -2.13. The third kappa shape index (κ3) is 3.66. The zero-order valence-electron chi connectivity index (χ0n) is 11.4. The van der Waals surface area contributed by atoms with E-state index in [0.29, 0.717) is 18.7 Å². The van der Waals surface area contributed by atoms with Crippen LogP contribution in [0.5, 0.6) is 0 Å². The van der Waals surface area contributed by atoms with Crippen molar-refractivity contribution in [1.29, 1.82) is 0 Å². The number of carbonyl (C=O) groups is 2. The van der Waals surface area contributed by atoms with Crippen LogP contribution in [0, 0.1) is 0 Å². The van der Waals surface area contributed by atoms with Crippen molar-refractivity contribution < 1.29 is 18.8 Å². The molecule has 0 atom stereocenters. The van der Waals surface area contributed by atoms with E-state index < -0.39 is 5.97 Å². The molecule has 7 nitrogen and oxygen atoms in total. The van der Waals surface area contributed by atoms with E-state index in [0.717, 1.165) is 25.9 Å². The highest BCUT2D eigenvalue weighted by Crippen LogP contribution is 2.09. The van der Waals surface area contributed by atoms with Crippen LogP contribution in [0.4, 0.5) is 0 Å². The summed E-state index contributed by atoms with van der Waals surface area (Å²) in [5.41, 5.74) is 0.122. The van der Waals surface area contributed by atoms with E-state index >= 15 is 0 Å². The number of ether oxygens (including phenoxy) is 1. The zero-order chi connectivity index (χ0) is 14.4. The van der Waals surface area contributed by atoms with Crippen molar-refractivity contribution in [3.8, 4) is 0 Å². The Morgan fingerprint density at radius 1 is 1.65 bits per heavy atom. The molecule has 0 spiro atoms. The number of esters is 1. The van der Waals surface area contributed by atoms with Crippen molar-refractivity contribution in [1.82, 2.24) is 10.1 Å². The van der Waals surface area contributed by atoms with Gasteiger partial charge in [0.25, 0.3) is 0 Å². The topological polar surface area (TPSA) is 85.0 Å². The van der Waals surface area contributed by atoms with Crippen LogP contribution in [0.2, 0.25) is 0 Å². The number of amides is 1. The SMILES string of the molecule is COC(=O)c1cc(/C=N/CCCN2CCCC2=O)on1. The third-order valence-corrected chi connectivity index (χ3v) is 3.03. The standard InChI is InChI=1S/C13H17N3O4/c1-19-13(18)11-8-10(20-15-11)9-14-5-3-7-16-6-2-4-12(16)17/h8-9H,2-7H2,1H3/b14-9+. The molecule has 1 aromatic heterocycles. The van der Waals surface area contributed by atoms with Crippen LogP contribution < -0.4 is 0 Å². The largest absolute Gasteiger partial charge is 0.464 e. The number of carbonyl (C=O) groups excluding carboxylic acids is 2. The lowest BCUT2D eigenvalue weighted by Crippen LogP contribution is -2.26. The molecule has 2 rings (SSSR count). The van der Waals surface area contributed by atoms with Crippen molar-refractivity contribution in [3.05, 3.63) is 17.5 Å². The first kappa shape index (κ1) is 14.2. The van der Waals surface area contributed by atoms with Crippen molar-refractivity contribution in [2.45, 2.75) is 19.3 Å². The molecule has 7 heteroatoms. The van der Waals surface area contributed by atoms with Gasteiger partial charge in [0.15, 0.2) is 11.5 Å². The zero-order valence-corrected chi connectivity index (χ0v) is 11.4. The first-order chi connectivity index (χ1) is 9.70. The van der Waals surface area contributed by atoms with Gasteiger partial charge in [0.2, 0.25) is 5.91 Å². The van der Waals surface area contributed by atoms with Gasteiger partial charge in [-0.1, -0.05) is 5.16 Å². The molecule has 0 unspecified atom stereocenters. The van der Waals surface area contributed by atoms with Crippen molar-refractivity contribution in [2.75, 3.05) is 26.7 Å². The predicted octanol–water partition coefficient (Wildman–Crippen LogP) is 0.893. The maximum Gasteiger partial charge on any atom is 0.360 e. The number of hydrogen-bond donors (Lipinski definition) is 0. The highest BCUT2D eigenvalue weighted by molar-refractivity contribution is 5.89. The van der Waals surface area contributed by atoms with Crippen molar-refractivity contribution in [3.63, 3.8) is 0 Å². The number of rotatable bonds is 6. The van der Waals surface area contributed by atoms with Crippen LogP contribution >= 0.6 is 0 Å². The Balaban J connectivity index is 1.72. The molecule has 0 radical (unpaired) electrons. The smallest absolute Gasteiger partial charge is 0.360 e. The first-order valence-electron chi connectivity index (χ1n) is 6.53. The molecule has 0 aliphatic carbocycles. The second-order valence-electron chi connectivity index (χ2n) is 4.48. The summed E-state index contributed by atoms with van der Waals surface area (Å²) in [4.78, 5) is 28.6. The lowest BCUT2D eigenvalue weighted by atomic mass is 10.3. The Bertz CT molecular complexity index is 509. The van der Waals surface area contributed by atoms with Gasteiger partial charge < -0.3 is 14.2 Å². The third-order valence-electron chi connectivity index (χ3n) is 3.03. The maximum atomic E-state index is 11.4. The number of likely N-dealkylation sites (tertiary alicyclic amines) is 1. The predicted molar refractivity (Wildman–Crippen MR) is 70.7 cm³/mol. The summed E-state index contributed by atoms with van der Waals surface area (Å²) in [6, 6.07) is 1.47. The summed E-state index contributed by atoms with van der Waals surface area (Å²) >= 11 is 0. The van der Waals surface area contributed by atoms with Gasteiger partial charge in [0.1, 0.15) is 0 Å². The summed E-state index contributed by atoms with van der Waals surface area (Å²) in [7, 11) is 1.28. The van der Waals surface area contributed by atoms with Gasteiger partial charge in [0, 0.05) is 32.1 Å². The summed E-state index contributed by atoms with van der Waals surface area (Å²) in [6.45, 7) is 2.19. The molecule has 1 saturated heterocycles. The van der Waals surface area contributed by atoms with Crippen molar-refractivity contribution >= 4 is 18.1 Å². The van der Waals surface area contributed by atoms with E-state index in [1.165, 1.54) is 19.4 Å². The van der Waals surface area contributed by atoms with Gasteiger partial charge in [0.05, 0.1) is 13.3 Å². The van der Waals surface area contributed by atoms with E-state index in [4.69, 9.17) is 4.52 Å². The van der Waals surface area contributed by atoms with Crippen LogP contribution in [0.1, 0.15) is 35.5 Å². The molecular weight excluding hydrogens is 262 g/mol. The van der Waals surface area contributed by atoms with Crippen LogP contribution in [0.15, 0.2) is 15.6 Å². The average Bonchev–Trinajstić information content (AvgIpc) is 3.07. The highest BCUT2D eigenvalue weighted by Gasteiger charge is 2.18. The molecule has 1 aliphatic heterocycles. The molecule has 1 amide bonds. The van der Waals surface area contributed by atoms with Gasteiger partial charge in [-0.3, -0.25) is 9.79 Å². The number of methoxy groups -OCH3 is 1. The molecule has 1 fully saturated rings. The number of aromatic nitrogens is 1. The monoisotopic (exact) mass is 279 g/mol. The van der Waals surface area contributed by atoms with Crippen LogP contribution in [0.3, 0.4) is 0 Å². The van der Waals surface area contributed by atoms with Crippen LogP contribution in [-0.4, -0.2) is 54.9 Å². The number of aliphatic imine (C=N–C) groups is 1. The van der Waals surface area contributed by atoms with E-state index in [1.807, 2.05) is 4.90 Å². The second kappa shape index (κ2) is 6.83. The van der Waals surface area contributed by atoms with E-state index in [2.05, 4.69) is 14.9 Å². The lowest BCUT2D eigenvalue weighted by molar-refractivity contribution is -0.127. The van der Waals surface area contributed by atoms with E-state index in [-0.39, 0.29) is 11.6 Å². The highest BCUT2D eigenvalue weighted by atomic mass is 16.5. The van der Waals surface area contributed by atoms with Crippen LogP contribution in [-0.2, 0) is 9.53 Å². The minimum absolute atomic E-state index is 0.122. The minimum atomic E-state index is -0.541. The maximum absolute atomic E-state index is 11.4. The Morgan fingerprint density at radius 3 is 3.20 bits per heavy atom. The second-order valence-corrected chi connectivity index (χ2v) is 4.48.